The largest absolute Gasteiger partial charge is 0.369 e. The molecule has 2 atom stereocenters. The summed E-state index contributed by atoms with van der Waals surface area (Å²) in [6, 6.07) is 12.3. The maximum absolute atomic E-state index is 6.35. The van der Waals surface area contributed by atoms with Crippen molar-refractivity contribution in [2.75, 3.05) is 13.2 Å². The quantitative estimate of drug-likeness (QED) is 0.726. The van der Waals surface area contributed by atoms with Crippen LogP contribution >= 0.6 is 22.9 Å². The van der Waals surface area contributed by atoms with Gasteiger partial charge in [0, 0.05) is 11.3 Å². The summed E-state index contributed by atoms with van der Waals surface area (Å²) in [5.41, 5.74) is 3.06. The first-order valence-corrected chi connectivity index (χ1v) is 10.1. The third kappa shape index (κ3) is 2.77. The number of halogens is 1. The standard InChI is InChI=1S/C19H19ClN4OS/c20-17-10-13-6-9-25-19(18(13)26-17)7-8-21-15(11-19)16-12-24(23-22-16)14-4-2-1-3-5-14/h1-5,10,12,15,21H,6-9,11H2/t15-,19-/m0/s1. The van der Waals surface area contributed by atoms with Crippen molar-refractivity contribution in [3.8, 4) is 5.69 Å². The highest BCUT2D eigenvalue weighted by Crippen LogP contribution is 2.48. The molecule has 7 heteroatoms. The van der Waals surface area contributed by atoms with Crippen LogP contribution in [0.15, 0.2) is 42.6 Å². The van der Waals surface area contributed by atoms with Crippen molar-refractivity contribution in [2.24, 2.45) is 0 Å². The Morgan fingerprint density at radius 2 is 2.19 bits per heavy atom. The lowest BCUT2D eigenvalue weighted by atomic mass is 9.82. The second-order valence-electron chi connectivity index (χ2n) is 6.88. The maximum atomic E-state index is 6.35. The molecule has 1 spiro atoms. The van der Waals surface area contributed by atoms with Gasteiger partial charge in [-0.05, 0) is 43.1 Å². The van der Waals surface area contributed by atoms with E-state index in [1.165, 1.54) is 10.4 Å². The van der Waals surface area contributed by atoms with Gasteiger partial charge >= 0.3 is 0 Å². The van der Waals surface area contributed by atoms with Gasteiger partial charge in [-0.25, -0.2) is 4.68 Å². The monoisotopic (exact) mass is 386 g/mol. The minimum absolute atomic E-state index is 0.119. The minimum Gasteiger partial charge on any atom is -0.369 e. The second-order valence-corrected chi connectivity index (χ2v) is 8.57. The molecule has 0 amide bonds. The molecule has 5 rings (SSSR count). The molecule has 134 valence electrons. The molecule has 3 aromatic rings. The Labute approximate surface area is 160 Å². The van der Waals surface area contributed by atoms with Crippen LogP contribution in [0.3, 0.4) is 0 Å². The van der Waals surface area contributed by atoms with E-state index in [0.717, 1.165) is 48.1 Å². The number of ether oxygens (including phenoxy) is 1. The summed E-state index contributed by atoms with van der Waals surface area (Å²) in [6.07, 6.45) is 4.77. The van der Waals surface area contributed by atoms with Gasteiger partial charge in [0.1, 0.15) is 11.3 Å². The zero-order valence-corrected chi connectivity index (χ0v) is 15.8. The smallest absolute Gasteiger partial charge is 0.106 e. The molecular weight excluding hydrogens is 368 g/mol. The highest BCUT2D eigenvalue weighted by atomic mass is 35.5. The number of fused-ring (bicyclic) bond motifs is 2. The van der Waals surface area contributed by atoms with Crippen LogP contribution in [0.25, 0.3) is 5.69 Å². The summed E-state index contributed by atoms with van der Waals surface area (Å²) in [6.45, 7) is 1.64. The van der Waals surface area contributed by atoms with E-state index < -0.39 is 0 Å². The van der Waals surface area contributed by atoms with E-state index in [4.69, 9.17) is 16.3 Å². The molecule has 2 aliphatic heterocycles. The molecule has 0 aliphatic carbocycles. The van der Waals surface area contributed by atoms with Gasteiger partial charge < -0.3 is 10.1 Å². The number of benzene rings is 1. The summed E-state index contributed by atoms with van der Waals surface area (Å²) < 4.78 is 9.02. The molecule has 5 nitrogen and oxygen atoms in total. The number of hydrogen-bond donors (Lipinski definition) is 1. The number of hydrogen-bond acceptors (Lipinski definition) is 5. The SMILES string of the molecule is Clc1cc2c(s1)[C@@]1(CCN[C@H](c3cn(-c4ccccc4)nn3)C1)OCC2. The Kier molecular flexibility index (Phi) is 4.09. The van der Waals surface area contributed by atoms with Crippen LogP contribution in [-0.2, 0) is 16.8 Å². The van der Waals surface area contributed by atoms with Gasteiger partial charge in [0.25, 0.3) is 0 Å². The molecule has 0 unspecified atom stereocenters. The van der Waals surface area contributed by atoms with Crippen molar-refractivity contribution in [3.05, 3.63) is 63.1 Å². The maximum Gasteiger partial charge on any atom is 0.106 e. The number of thiophene rings is 1. The third-order valence-electron chi connectivity index (χ3n) is 5.28. The number of nitrogens with zero attached hydrogens (tertiary/aromatic N) is 3. The van der Waals surface area contributed by atoms with Crippen LogP contribution in [0.5, 0.6) is 0 Å². The first kappa shape index (κ1) is 16.4. The molecule has 4 heterocycles. The topological polar surface area (TPSA) is 52.0 Å². The average Bonchev–Trinajstić information content (AvgIpc) is 3.30. The lowest BCUT2D eigenvalue weighted by Crippen LogP contribution is -2.45. The summed E-state index contributed by atoms with van der Waals surface area (Å²) in [5, 5.41) is 12.3. The number of piperidine rings is 1. The van der Waals surface area contributed by atoms with E-state index in [1.54, 1.807) is 11.3 Å². The predicted molar refractivity (Wildman–Crippen MR) is 102 cm³/mol. The normalized spacial score (nSPS) is 25.3. The van der Waals surface area contributed by atoms with Crippen molar-refractivity contribution in [1.29, 1.82) is 0 Å². The van der Waals surface area contributed by atoms with Crippen LogP contribution < -0.4 is 5.32 Å². The van der Waals surface area contributed by atoms with Crippen molar-refractivity contribution < 1.29 is 4.74 Å². The number of para-hydroxylation sites is 1. The van der Waals surface area contributed by atoms with Gasteiger partial charge in [-0.3, -0.25) is 0 Å². The molecule has 0 saturated carbocycles. The fourth-order valence-electron chi connectivity index (χ4n) is 4.03. The molecule has 1 saturated heterocycles. The third-order valence-corrected chi connectivity index (χ3v) is 6.78. The van der Waals surface area contributed by atoms with E-state index in [0.29, 0.717) is 0 Å². The Morgan fingerprint density at radius 3 is 3.08 bits per heavy atom. The van der Waals surface area contributed by atoms with E-state index in [1.807, 2.05) is 41.2 Å². The fourth-order valence-corrected chi connectivity index (χ4v) is 5.51. The van der Waals surface area contributed by atoms with E-state index in [-0.39, 0.29) is 11.6 Å². The molecule has 2 aromatic heterocycles. The van der Waals surface area contributed by atoms with Crippen molar-refractivity contribution in [1.82, 2.24) is 20.3 Å². The number of nitrogens with one attached hydrogen (secondary N) is 1. The zero-order chi connectivity index (χ0) is 17.6. The lowest BCUT2D eigenvalue weighted by Gasteiger charge is -2.43. The first-order valence-electron chi connectivity index (χ1n) is 8.87. The Hall–Kier alpha value is -1.73. The highest BCUT2D eigenvalue weighted by molar-refractivity contribution is 7.16. The molecule has 1 aromatic carbocycles. The molecular formula is C19H19ClN4OS. The van der Waals surface area contributed by atoms with Crippen molar-refractivity contribution in [3.63, 3.8) is 0 Å². The van der Waals surface area contributed by atoms with Gasteiger partial charge in [0.15, 0.2) is 0 Å². The van der Waals surface area contributed by atoms with Crippen LogP contribution in [0.2, 0.25) is 4.34 Å². The van der Waals surface area contributed by atoms with Gasteiger partial charge in [-0.15, -0.1) is 16.4 Å². The summed E-state index contributed by atoms with van der Waals surface area (Å²) in [5.74, 6) is 0. The van der Waals surface area contributed by atoms with Crippen LogP contribution in [-0.4, -0.2) is 28.1 Å². The second kappa shape index (κ2) is 6.46. The molecule has 2 aliphatic rings. The molecule has 0 bridgehead atoms. The van der Waals surface area contributed by atoms with Crippen molar-refractivity contribution in [2.45, 2.75) is 30.9 Å². The zero-order valence-electron chi connectivity index (χ0n) is 14.2. The molecule has 1 fully saturated rings. The molecule has 1 N–H and O–H groups in total. The number of aromatic nitrogens is 3. The highest BCUT2D eigenvalue weighted by Gasteiger charge is 2.44. The van der Waals surface area contributed by atoms with Crippen LogP contribution in [0.4, 0.5) is 0 Å². The van der Waals surface area contributed by atoms with Gasteiger partial charge in [0.05, 0.1) is 28.9 Å². The fraction of sp³-hybridized carbons (Fsp3) is 0.368. The number of rotatable bonds is 2. The summed E-state index contributed by atoms with van der Waals surface area (Å²) >= 11 is 7.97. The predicted octanol–water partition coefficient (Wildman–Crippen LogP) is 3.87. The van der Waals surface area contributed by atoms with Crippen LogP contribution in [0, 0.1) is 0 Å². The van der Waals surface area contributed by atoms with Crippen molar-refractivity contribution >= 4 is 22.9 Å². The Bertz CT molecular complexity index is 925. The van der Waals surface area contributed by atoms with Gasteiger partial charge in [-0.1, -0.05) is 35.0 Å². The average molecular weight is 387 g/mol. The Balaban J connectivity index is 1.45. The summed E-state index contributed by atoms with van der Waals surface area (Å²) in [4.78, 5) is 1.30. The molecule has 26 heavy (non-hydrogen) atoms. The van der Waals surface area contributed by atoms with Gasteiger partial charge in [0.2, 0.25) is 0 Å². The summed E-state index contributed by atoms with van der Waals surface area (Å²) in [7, 11) is 0. The molecule has 0 radical (unpaired) electrons. The van der Waals surface area contributed by atoms with E-state index in [2.05, 4.69) is 21.7 Å². The lowest BCUT2D eigenvalue weighted by molar-refractivity contribution is -0.0871. The van der Waals surface area contributed by atoms with Gasteiger partial charge in [-0.2, -0.15) is 0 Å². The van der Waals surface area contributed by atoms with E-state index in [9.17, 15) is 0 Å². The van der Waals surface area contributed by atoms with Crippen LogP contribution in [0.1, 0.15) is 35.0 Å². The first-order chi connectivity index (χ1) is 12.7. The minimum atomic E-state index is -0.252. The van der Waals surface area contributed by atoms with E-state index >= 15 is 0 Å². The Morgan fingerprint density at radius 1 is 1.31 bits per heavy atom.